The van der Waals surface area contributed by atoms with Crippen LogP contribution in [0.25, 0.3) is 0 Å². The van der Waals surface area contributed by atoms with Gasteiger partial charge in [0.25, 0.3) is 0 Å². The molecule has 1 rings (SSSR count). The number of carbonyl (C=O) groups is 1. The molecule has 0 aromatic carbocycles. The molecule has 0 saturated heterocycles. The van der Waals surface area contributed by atoms with Crippen LogP contribution in [-0.2, 0) is 11.3 Å². The SMILES string of the molecule is CCN(Cc1ccncc1)C(=O)[C@@H](N)C(C)C.Cl. The molecule has 5 heteroatoms. The first-order chi connectivity index (χ1) is 8.06. The maximum atomic E-state index is 12.1. The maximum Gasteiger partial charge on any atom is 0.240 e. The molecular weight excluding hydrogens is 250 g/mol. The zero-order chi connectivity index (χ0) is 12.8. The number of pyridine rings is 1. The van der Waals surface area contributed by atoms with Gasteiger partial charge in [-0.2, -0.15) is 0 Å². The number of amides is 1. The second-order valence-electron chi connectivity index (χ2n) is 4.48. The van der Waals surface area contributed by atoms with Crippen molar-refractivity contribution in [1.82, 2.24) is 9.88 Å². The van der Waals surface area contributed by atoms with Gasteiger partial charge in [0.1, 0.15) is 0 Å². The highest BCUT2D eigenvalue weighted by Gasteiger charge is 2.22. The van der Waals surface area contributed by atoms with E-state index in [4.69, 9.17) is 5.73 Å². The second kappa shape index (κ2) is 8.06. The van der Waals surface area contributed by atoms with Crippen molar-refractivity contribution in [3.05, 3.63) is 30.1 Å². The largest absolute Gasteiger partial charge is 0.337 e. The van der Waals surface area contributed by atoms with Gasteiger partial charge >= 0.3 is 0 Å². The van der Waals surface area contributed by atoms with Crippen LogP contribution in [0.3, 0.4) is 0 Å². The Morgan fingerprint density at radius 1 is 1.39 bits per heavy atom. The van der Waals surface area contributed by atoms with E-state index in [0.29, 0.717) is 13.1 Å². The monoisotopic (exact) mass is 271 g/mol. The van der Waals surface area contributed by atoms with Crippen molar-refractivity contribution in [1.29, 1.82) is 0 Å². The van der Waals surface area contributed by atoms with Crippen LogP contribution in [0.5, 0.6) is 0 Å². The summed E-state index contributed by atoms with van der Waals surface area (Å²) in [7, 11) is 0. The number of carbonyl (C=O) groups excluding carboxylic acids is 1. The number of nitrogens with two attached hydrogens (primary N) is 1. The standard InChI is InChI=1S/C13H21N3O.ClH/c1-4-16(13(17)12(14)10(2)3)9-11-5-7-15-8-6-11;/h5-8,10,12H,4,9,14H2,1-3H3;1H/t12-;/m0./s1. The quantitative estimate of drug-likeness (QED) is 0.889. The van der Waals surface area contributed by atoms with Crippen molar-refractivity contribution < 1.29 is 4.79 Å². The number of hydrogen-bond donors (Lipinski definition) is 1. The van der Waals surface area contributed by atoms with Gasteiger partial charge in [-0.05, 0) is 30.5 Å². The number of likely N-dealkylation sites (N-methyl/N-ethyl adjacent to an activating group) is 1. The van der Waals surface area contributed by atoms with Crippen LogP contribution in [0, 0.1) is 5.92 Å². The number of halogens is 1. The predicted molar refractivity (Wildman–Crippen MR) is 75.4 cm³/mol. The molecular formula is C13H22ClN3O. The number of aromatic nitrogens is 1. The highest BCUT2D eigenvalue weighted by molar-refractivity contribution is 5.85. The average Bonchev–Trinajstić information content (AvgIpc) is 2.35. The van der Waals surface area contributed by atoms with Crippen LogP contribution in [0.4, 0.5) is 0 Å². The molecule has 0 fully saturated rings. The third-order valence-corrected chi connectivity index (χ3v) is 2.82. The van der Waals surface area contributed by atoms with Crippen LogP contribution >= 0.6 is 12.4 Å². The van der Waals surface area contributed by atoms with E-state index >= 15 is 0 Å². The molecule has 0 aliphatic heterocycles. The lowest BCUT2D eigenvalue weighted by molar-refractivity contribution is -0.134. The summed E-state index contributed by atoms with van der Waals surface area (Å²) in [6.07, 6.45) is 3.46. The van der Waals surface area contributed by atoms with E-state index in [1.807, 2.05) is 32.9 Å². The lowest BCUT2D eigenvalue weighted by Gasteiger charge is -2.26. The Hall–Kier alpha value is -1.13. The van der Waals surface area contributed by atoms with E-state index in [1.165, 1.54) is 0 Å². The smallest absolute Gasteiger partial charge is 0.240 e. The Bertz CT molecular complexity index is 357. The molecule has 0 aliphatic rings. The molecule has 4 nitrogen and oxygen atoms in total. The minimum atomic E-state index is -0.420. The molecule has 102 valence electrons. The summed E-state index contributed by atoms with van der Waals surface area (Å²) in [5, 5.41) is 0. The summed E-state index contributed by atoms with van der Waals surface area (Å²) in [6, 6.07) is 3.41. The van der Waals surface area contributed by atoms with E-state index in [1.54, 1.807) is 17.3 Å². The van der Waals surface area contributed by atoms with Gasteiger partial charge in [0, 0.05) is 25.5 Å². The minimum absolute atomic E-state index is 0. The first-order valence-electron chi connectivity index (χ1n) is 5.99. The fourth-order valence-electron chi connectivity index (χ4n) is 1.55. The molecule has 1 heterocycles. The Labute approximate surface area is 115 Å². The summed E-state index contributed by atoms with van der Waals surface area (Å²) in [4.78, 5) is 17.8. The molecule has 1 amide bonds. The van der Waals surface area contributed by atoms with Gasteiger partial charge in [0.15, 0.2) is 0 Å². The maximum absolute atomic E-state index is 12.1. The summed E-state index contributed by atoms with van der Waals surface area (Å²) >= 11 is 0. The second-order valence-corrected chi connectivity index (χ2v) is 4.48. The van der Waals surface area contributed by atoms with Crippen molar-refractivity contribution in [2.45, 2.75) is 33.4 Å². The molecule has 1 aromatic heterocycles. The van der Waals surface area contributed by atoms with E-state index in [9.17, 15) is 4.79 Å². The summed E-state index contributed by atoms with van der Waals surface area (Å²) < 4.78 is 0. The predicted octanol–water partition coefficient (Wildman–Crippen LogP) is 1.84. The summed E-state index contributed by atoms with van der Waals surface area (Å²) in [5.74, 6) is 0.174. The van der Waals surface area contributed by atoms with Gasteiger partial charge in [-0.25, -0.2) is 0 Å². The fraction of sp³-hybridized carbons (Fsp3) is 0.538. The minimum Gasteiger partial charge on any atom is -0.337 e. The molecule has 0 radical (unpaired) electrons. The first kappa shape index (κ1) is 16.9. The molecule has 0 unspecified atom stereocenters. The van der Waals surface area contributed by atoms with E-state index in [0.717, 1.165) is 5.56 Å². The van der Waals surface area contributed by atoms with Crippen molar-refractivity contribution in [2.75, 3.05) is 6.54 Å². The Balaban J connectivity index is 0.00000289. The van der Waals surface area contributed by atoms with Crippen LogP contribution in [0.1, 0.15) is 26.3 Å². The molecule has 2 N–H and O–H groups in total. The Morgan fingerprint density at radius 3 is 2.39 bits per heavy atom. The van der Waals surface area contributed by atoms with Crippen LogP contribution in [-0.4, -0.2) is 28.4 Å². The van der Waals surface area contributed by atoms with Crippen LogP contribution < -0.4 is 5.73 Å². The van der Waals surface area contributed by atoms with Crippen molar-refractivity contribution >= 4 is 18.3 Å². The van der Waals surface area contributed by atoms with Gasteiger partial charge in [-0.3, -0.25) is 9.78 Å². The number of nitrogens with zero attached hydrogens (tertiary/aromatic N) is 2. The zero-order valence-electron chi connectivity index (χ0n) is 11.2. The Kier molecular flexibility index (Phi) is 7.55. The molecule has 0 saturated carbocycles. The summed E-state index contributed by atoms with van der Waals surface area (Å²) in [5.41, 5.74) is 6.96. The molecule has 1 aromatic rings. The highest BCUT2D eigenvalue weighted by Crippen LogP contribution is 2.08. The van der Waals surface area contributed by atoms with Crippen LogP contribution in [0.2, 0.25) is 0 Å². The van der Waals surface area contributed by atoms with Crippen molar-refractivity contribution in [3.8, 4) is 0 Å². The average molecular weight is 272 g/mol. The Morgan fingerprint density at radius 2 is 1.94 bits per heavy atom. The number of rotatable bonds is 5. The molecule has 1 atom stereocenters. The lowest BCUT2D eigenvalue weighted by atomic mass is 10.0. The third-order valence-electron chi connectivity index (χ3n) is 2.82. The van der Waals surface area contributed by atoms with E-state index < -0.39 is 6.04 Å². The molecule has 18 heavy (non-hydrogen) atoms. The molecule has 0 spiro atoms. The first-order valence-corrected chi connectivity index (χ1v) is 5.99. The van der Waals surface area contributed by atoms with Gasteiger partial charge < -0.3 is 10.6 Å². The normalized spacial score (nSPS) is 11.8. The topological polar surface area (TPSA) is 59.2 Å². The van der Waals surface area contributed by atoms with Crippen LogP contribution in [0.15, 0.2) is 24.5 Å². The summed E-state index contributed by atoms with van der Waals surface area (Å²) in [6.45, 7) is 7.15. The molecule has 0 bridgehead atoms. The van der Waals surface area contributed by atoms with E-state index in [-0.39, 0.29) is 24.2 Å². The van der Waals surface area contributed by atoms with Gasteiger partial charge in [-0.1, -0.05) is 13.8 Å². The third kappa shape index (κ3) is 4.63. The van der Waals surface area contributed by atoms with Crippen molar-refractivity contribution in [3.63, 3.8) is 0 Å². The van der Waals surface area contributed by atoms with E-state index in [2.05, 4.69) is 4.98 Å². The lowest BCUT2D eigenvalue weighted by Crippen LogP contribution is -2.46. The highest BCUT2D eigenvalue weighted by atomic mass is 35.5. The fourth-order valence-corrected chi connectivity index (χ4v) is 1.55. The molecule has 0 aliphatic carbocycles. The van der Waals surface area contributed by atoms with Gasteiger partial charge in [0.2, 0.25) is 5.91 Å². The van der Waals surface area contributed by atoms with Crippen molar-refractivity contribution in [2.24, 2.45) is 11.7 Å². The number of hydrogen-bond acceptors (Lipinski definition) is 3. The van der Waals surface area contributed by atoms with Gasteiger partial charge in [0.05, 0.1) is 6.04 Å². The zero-order valence-corrected chi connectivity index (χ0v) is 12.0. The van der Waals surface area contributed by atoms with Gasteiger partial charge in [-0.15, -0.1) is 12.4 Å².